The SMILES string of the molecule is Cc1cccc(C(=O)c2ccc(F)c(Br)c2)c1. The predicted molar refractivity (Wildman–Crippen MR) is 68.7 cm³/mol. The average Bonchev–Trinajstić information content (AvgIpc) is 2.32. The number of halogens is 2. The summed E-state index contributed by atoms with van der Waals surface area (Å²) in [6.07, 6.45) is 0. The van der Waals surface area contributed by atoms with Crippen LogP contribution in [0.5, 0.6) is 0 Å². The highest BCUT2D eigenvalue weighted by atomic mass is 79.9. The molecule has 0 amide bonds. The summed E-state index contributed by atoms with van der Waals surface area (Å²) in [6.45, 7) is 1.93. The first-order valence-corrected chi connectivity index (χ1v) is 5.93. The highest BCUT2D eigenvalue weighted by Gasteiger charge is 2.10. The monoisotopic (exact) mass is 292 g/mol. The van der Waals surface area contributed by atoms with Crippen LogP contribution in [0, 0.1) is 12.7 Å². The van der Waals surface area contributed by atoms with Crippen molar-refractivity contribution in [1.29, 1.82) is 0 Å². The number of carbonyl (C=O) groups is 1. The first-order chi connectivity index (χ1) is 8.08. The van der Waals surface area contributed by atoms with Gasteiger partial charge < -0.3 is 0 Å². The number of carbonyl (C=O) groups excluding carboxylic acids is 1. The zero-order chi connectivity index (χ0) is 12.4. The Hall–Kier alpha value is -1.48. The molecule has 0 spiro atoms. The van der Waals surface area contributed by atoms with Gasteiger partial charge in [-0.3, -0.25) is 4.79 Å². The van der Waals surface area contributed by atoms with Gasteiger partial charge in [-0.2, -0.15) is 0 Å². The van der Waals surface area contributed by atoms with E-state index in [1.807, 2.05) is 25.1 Å². The third-order valence-corrected chi connectivity index (χ3v) is 3.07. The molecule has 0 unspecified atom stereocenters. The molecule has 2 aromatic carbocycles. The molecule has 0 aliphatic rings. The van der Waals surface area contributed by atoms with Crippen LogP contribution >= 0.6 is 15.9 Å². The average molecular weight is 293 g/mol. The molecule has 0 fully saturated rings. The number of ketones is 1. The normalized spacial score (nSPS) is 10.3. The maximum absolute atomic E-state index is 13.1. The van der Waals surface area contributed by atoms with Crippen LogP contribution in [-0.4, -0.2) is 5.78 Å². The lowest BCUT2D eigenvalue weighted by Crippen LogP contribution is -2.01. The van der Waals surface area contributed by atoms with Crippen LogP contribution in [0.1, 0.15) is 21.5 Å². The number of benzene rings is 2. The fourth-order valence-electron chi connectivity index (χ4n) is 1.59. The summed E-state index contributed by atoms with van der Waals surface area (Å²) < 4.78 is 13.4. The van der Waals surface area contributed by atoms with E-state index in [4.69, 9.17) is 0 Å². The van der Waals surface area contributed by atoms with Crippen molar-refractivity contribution in [3.8, 4) is 0 Å². The van der Waals surface area contributed by atoms with E-state index in [1.165, 1.54) is 18.2 Å². The fourth-order valence-corrected chi connectivity index (χ4v) is 1.97. The second-order valence-corrected chi connectivity index (χ2v) is 4.68. The summed E-state index contributed by atoms with van der Waals surface area (Å²) in [5.74, 6) is -0.472. The molecule has 0 aromatic heterocycles. The molecule has 2 rings (SSSR count). The maximum atomic E-state index is 13.1. The topological polar surface area (TPSA) is 17.1 Å². The first-order valence-electron chi connectivity index (χ1n) is 5.14. The van der Waals surface area contributed by atoms with Gasteiger partial charge in [0.1, 0.15) is 5.82 Å². The lowest BCUT2D eigenvalue weighted by molar-refractivity contribution is 0.103. The molecule has 17 heavy (non-hydrogen) atoms. The van der Waals surface area contributed by atoms with E-state index in [0.29, 0.717) is 15.6 Å². The Labute approximate surface area is 107 Å². The zero-order valence-corrected chi connectivity index (χ0v) is 10.8. The maximum Gasteiger partial charge on any atom is 0.193 e. The molecule has 0 bridgehead atoms. The van der Waals surface area contributed by atoms with E-state index in [1.54, 1.807) is 6.07 Å². The van der Waals surface area contributed by atoms with Crippen molar-refractivity contribution in [2.24, 2.45) is 0 Å². The van der Waals surface area contributed by atoms with Crippen molar-refractivity contribution in [3.05, 3.63) is 69.4 Å². The Bertz CT molecular complexity index is 578. The molecule has 0 heterocycles. The van der Waals surface area contributed by atoms with Gasteiger partial charge in [-0.15, -0.1) is 0 Å². The van der Waals surface area contributed by atoms with Crippen molar-refractivity contribution in [2.45, 2.75) is 6.92 Å². The smallest absolute Gasteiger partial charge is 0.193 e. The Balaban J connectivity index is 2.40. The summed E-state index contributed by atoms with van der Waals surface area (Å²) in [5, 5.41) is 0. The molecular weight excluding hydrogens is 283 g/mol. The number of rotatable bonds is 2. The van der Waals surface area contributed by atoms with Gasteiger partial charge in [-0.25, -0.2) is 4.39 Å². The molecule has 0 aliphatic heterocycles. The lowest BCUT2D eigenvalue weighted by atomic mass is 10.0. The molecule has 0 radical (unpaired) electrons. The van der Waals surface area contributed by atoms with Gasteiger partial charge >= 0.3 is 0 Å². The quantitative estimate of drug-likeness (QED) is 0.761. The van der Waals surface area contributed by atoms with Crippen molar-refractivity contribution in [1.82, 2.24) is 0 Å². The van der Waals surface area contributed by atoms with Crippen LogP contribution in [0.25, 0.3) is 0 Å². The minimum Gasteiger partial charge on any atom is -0.289 e. The number of hydrogen-bond acceptors (Lipinski definition) is 1. The van der Waals surface area contributed by atoms with Crippen molar-refractivity contribution in [3.63, 3.8) is 0 Å². The second kappa shape index (κ2) is 4.80. The van der Waals surface area contributed by atoms with Crippen LogP contribution in [0.4, 0.5) is 4.39 Å². The molecule has 0 saturated heterocycles. The van der Waals surface area contributed by atoms with Crippen molar-refractivity contribution in [2.75, 3.05) is 0 Å². The van der Waals surface area contributed by atoms with E-state index in [0.717, 1.165) is 5.56 Å². The minimum absolute atomic E-state index is 0.102. The predicted octanol–water partition coefficient (Wildman–Crippen LogP) is 4.13. The Morgan fingerprint density at radius 2 is 1.82 bits per heavy atom. The van der Waals surface area contributed by atoms with Crippen LogP contribution in [0.3, 0.4) is 0 Å². The van der Waals surface area contributed by atoms with Gasteiger partial charge in [0.2, 0.25) is 0 Å². The zero-order valence-electron chi connectivity index (χ0n) is 9.21. The van der Waals surface area contributed by atoms with Gasteiger partial charge in [0.05, 0.1) is 4.47 Å². The highest BCUT2D eigenvalue weighted by Crippen LogP contribution is 2.19. The van der Waals surface area contributed by atoms with E-state index < -0.39 is 0 Å². The lowest BCUT2D eigenvalue weighted by Gasteiger charge is -2.03. The van der Waals surface area contributed by atoms with E-state index in [9.17, 15) is 9.18 Å². The first kappa shape index (κ1) is 12.0. The van der Waals surface area contributed by atoms with Gasteiger partial charge in [-0.05, 0) is 47.1 Å². The summed E-state index contributed by atoms with van der Waals surface area (Å²) in [4.78, 5) is 12.1. The van der Waals surface area contributed by atoms with Gasteiger partial charge in [0.25, 0.3) is 0 Å². The molecule has 0 atom stereocenters. The van der Waals surface area contributed by atoms with E-state index >= 15 is 0 Å². The van der Waals surface area contributed by atoms with E-state index in [-0.39, 0.29) is 11.6 Å². The standard InChI is InChI=1S/C14H10BrFO/c1-9-3-2-4-10(7-9)14(17)11-5-6-13(16)12(15)8-11/h2-8H,1H3. The van der Waals surface area contributed by atoms with Gasteiger partial charge in [0.15, 0.2) is 5.78 Å². The van der Waals surface area contributed by atoms with Crippen LogP contribution in [0.2, 0.25) is 0 Å². The second-order valence-electron chi connectivity index (χ2n) is 3.83. The molecule has 0 N–H and O–H groups in total. The number of aryl methyl sites for hydroxylation is 1. The fraction of sp³-hybridized carbons (Fsp3) is 0.0714. The van der Waals surface area contributed by atoms with Crippen molar-refractivity contribution < 1.29 is 9.18 Å². The summed E-state index contributed by atoms with van der Waals surface area (Å²) in [5.41, 5.74) is 2.12. The summed E-state index contributed by atoms with van der Waals surface area (Å²) >= 11 is 3.07. The Kier molecular flexibility index (Phi) is 3.38. The third-order valence-electron chi connectivity index (χ3n) is 2.46. The molecular formula is C14H10BrFO. The van der Waals surface area contributed by atoms with E-state index in [2.05, 4.69) is 15.9 Å². The molecule has 3 heteroatoms. The Morgan fingerprint density at radius 3 is 2.47 bits per heavy atom. The van der Waals surface area contributed by atoms with Crippen LogP contribution < -0.4 is 0 Å². The summed E-state index contributed by atoms with van der Waals surface area (Å²) in [7, 11) is 0. The highest BCUT2D eigenvalue weighted by molar-refractivity contribution is 9.10. The summed E-state index contributed by atoms with van der Waals surface area (Å²) in [6, 6.07) is 11.6. The molecule has 86 valence electrons. The largest absolute Gasteiger partial charge is 0.289 e. The van der Waals surface area contributed by atoms with Gasteiger partial charge in [-0.1, -0.05) is 23.8 Å². The van der Waals surface area contributed by atoms with Crippen LogP contribution in [-0.2, 0) is 0 Å². The van der Waals surface area contributed by atoms with Crippen molar-refractivity contribution >= 4 is 21.7 Å². The third kappa shape index (κ3) is 2.61. The Morgan fingerprint density at radius 1 is 1.12 bits per heavy atom. The number of hydrogen-bond donors (Lipinski definition) is 0. The minimum atomic E-state index is -0.370. The molecule has 0 saturated carbocycles. The molecule has 0 aliphatic carbocycles. The molecule has 1 nitrogen and oxygen atoms in total. The van der Waals surface area contributed by atoms with Gasteiger partial charge in [0, 0.05) is 11.1 Å². The molecule has 2 aromatic rings. The van der Waals surface area contributed by atoms with Crippen LogP contribution in [0.15, 0.2) is 46.9 Å².